The number of rotatable bonds is 11. The Balaban J connectivity index is 0.919. The average molecular weight is 903 g/mol. The van der Waals surface area contributed by atoms with Crippen molar-refractivity contribution in [2.75, 3.05) is 0 Å². The van der Waals surface area contributed by atoms with Crippen LogP contribution in [0.1, 0.15) is 51.2 Å². The fourth-order valence-corrected chi connectivity index (χ4v) is 10.7. The molecule has 3 heterocycles. The Morgan fingerprint density at radius 3 is 1.77 bits per heavy atom. The van der Waals surface area contributed by atoms with Gasteiger partial charge in [-0.3, -0.25) is 0 Å². The molecule has 9 aromatic rings. The van der Waals surface area contributed by atoms with Crippen molar-refractivity contribution in [1.29, 1.82) is 0 Å². The molecule has 7 aromatic carbocycles. The molecule has 3 aliphatic rings. The van der Waals surface area contributed by atoms with Crippen LogP contribution in [0.4, 0.5) is 0 Å². The summed E-state index contributed by atoms with van der Waals surface area (Å²) in [5.74, 6) is 4.26. The molecular formula is C64H46N4O2. The van der Waals surface area contributed by atoms with Gasteiger partial charge in [0.25, 0.3) is 0 Å². The molecule has 0 bridgehead atoms. The molecule has 0 saturated carbocycles. The third kappa shape index (κ3) is 6.67. The summed E-state index contributed by atoms with van der Waals surface area (Å²) in [5, 5.41) is 0. The first-order chi connectivity index (χ1) is 34.5. The van der Waals surface area contributed by atoms with Crippen molar-refractivity contribution in [2.24, 2.45) is 0 Å². The lowest BCUT2D eigenvalue weighted by Gasteiger charge is -2.35. The predicted octanol–water partition coefficient (Wildman–Crippen LogP) is 15.9. The molecule has 6 heteroatoms. The van der Waals surface area contributed by atoms with Gasteiger partial charge < -0.3 is 14.0 Å². The third-order valence-electron chi connectivity index (χ3n) is 13.8. The van der Waals surface area contributed by atoms with E-state index >= 15 is 0 Å². The van der Waals surface area contributed by atoms with Gasteiger partial charge in [0.2, 0.25) is 0 Å². The maximum Gasteiger partial charge on any atom is 0.178 e. The number of hydrogen-bond acceptors (Lipinski definition) is 5. The second kappa shape index (κ2) is 17.2. The maximum absolute atomic E-state index is 7.01. The van der Waals surface area contributed by atoms with Gasteiger partial charge in [-0.1, -0.05) is 178 Å². The van der Waals surface area contributed by atoms with Crippen molar-refractivity contribution in [1.82, 2.24) is 19.5 Å². The Morgan fingerprint density at radius 1 is 0.514 bits per heavy atom. The van der Waals surface area contributed by atoms with Crippen LogP contribution in [-0.2, 0) is 11.8 Å². The zero-order chi connectivity index (χ0) is 47.3. The van der Waals surface area contributed by atoms with Crippen LogP contribution in [0.2, 0.25) is 0 Å². The first kappa shape index (κ1) is 42.2. The summed E-state index contributed by atoms with van der Waals surface area (Å²) in [6.45, 7) is 17.0. The van der Waals surface area contributed by atoms with E-state index in [0.717, 1.165) is 91.0 Å². The quantitative estimate of drug-likeness (QED) is 0.129. The van der Waals surface area contributed by atoms with E-state index in [1.54, 1.807) is 0 Å². The summed E-state index contributed by atoms with van der Waals surface area (Å²) in [7, 11) is 0. The van der Waals surface area contributed by atoms with E-state index < -0.39 is 5.41 Å². The summed E-state index contributed by atoms with van der Waals surface area (Å²) in [6.07, 6.45) is 14.1. The van der Waals surface area contributed by atoms with Gasteiger partial charge >= 0.3 is 0 Å². The molecule has 0 N–H and O–H groups in total. The Bertz CT molecular complexity index is 3620. The van der Waals surface area contributed by atoms with Crippen molar-refractivity contribution in [3.63, 3.8) is 0 Å². The van der Waals surface area contributed by atoms with Crippen LogP contribution in [0, 0.1) is 0 Å². The van der Waals surface area contributed by atoms with Gasteiger partial charge in [-0.15, -0.1) is 0 Å². The minimum Gasteiger partial charge on any atom is -0.449 e. The van der Waals surface area contributed by atoms with Crippen molar-refractivity contribution in [3.8, 4) is 74.0 Å². The second-order valence-electron chi connectivity index (χ2n) is 17.5. The molecule has 0 unspecified atom stereocenters. The van der Waals surface area contributed by atoms with Crippen LogP contribution in [0.15, 0.2) is 220 Å². The Hall–Kier alpha value is -9.13. The highest BCUT2D eigenvalue weighted by molar-refractivity contribution is 5.95. The number of allylic oxidation sites excluding steroid dienone is 5. The maximum atomic E-state index is 7.01. The molecule has 0 spiro atoms. The van der Waals surface area contributed by atoms with Crippen molar-refractivity contribution >= 4 is 23.8 Å². The van der Waals surface area contributed by atoms with E-state index in [9.17, 15) is 0 Å². The zero-order valence-corrected chi connectivity index (χ0v) is 38.5. The zero-order valence-electron chi connectivity index (χ0n) is 38.5. The fraction of sp³-hybridized carbons (Fsp3) is 0.0469. The van der Waals surface area contributed by atoms with Crippen LogP contribution >= 0.6 is 0 Å². The molecular weight excluding hydrogens is 857 g/mol. The molecule has 70 heavy (non-hydrogen) atoms. The summed E-state index contributed by atoms with van der Waals surface area (Å²) in [5.41, 5.74) is 15.8. The topological polar surface area (TPSA) is 62.1 Å². The largest absolute Gasteiger partial charge is 0.449 e. The van der Waals surface area contributed by atoms with Crippen LogP contribution in [-0.4, -0.2) is 19.5 Å². The number of aromatic nitrogens is 4. The summed E-state index contributed by atoms with van der Waals surface area (Å²) in [6, 6.07) is 58.2. The third-order valence-corrected chi connectivity index (χ3v) is 13.8. The highest BCUT2D eigenvalue weighted by Crippen LogP contribution is 2.61. The molecule has 1 aliphatic heterocycles. The van der Waals surface area contributed by atoms with Crippen LogP contribution in [0.5, 0.6) is 23.0 Å². The highest BCUT2D eigenvalue weighted by Gasteiger charge is 2.48. The number of fused-ring (bicyclic) bond motifs is 5. The van der Waals surface area contributed by atoms with Crippen molar-refractivity contribution < 1.29 is 9.47 Å². The standard InChI is InChI=1S/C64H46N4O2/c1-5-49-51-29-18-19-30-55(51)68(54(49)8-4)48-34-31-42(32-35-48)62-65-61(41-21-12-9-13-22-41)66-63(67-62)45-24-20-23-43(39-45)44-33-37-56-58(40-44)70-60-57(69-56)38-36-53-59(60)50(6-2)52(7-3)64(53,46-25-14-10-15-26-46)47-27-16-11-17-28-47/h5-18,20-29,31-40H,1-4,19,30H2. The SMILES string of the molecule is C=CC1=C(C=C)C(c2ccccc2)(c2ccccc2)c2ccc3c(c21)Oc1cc(-c2cccc(-c4nc(-c5ccccc5)nc(-c5ccc(-n6c(C=C)c(C=C)c7c6CCC=C7)cc5)n4)c2)ccc1O3. The monoisotopic (exact) mass is 902 g/mol. The van der Waals surface area contributed by atoms with E-state index in [1.165, 1.54) is 11.3 Å². The smallest absolute Gasteiger partial charge is 0.178 e. The van der Waals surface area contributed by atoms with Gasteiger partial charge in [0.05, 0.1) is 11.1 Å². The van der Waals surface area contributed by atoms with Gasteiger partial charge in [0.15, 0.2) is 40.5 Å². The molecule has 0 amide bonds. The summed E-state index contributed by atoms with van der Waals surface area (Å²) < 4.78 is 16.0. The lowest BCUT2D eigenvalue weighted by molar-refractivity contribution is 0.358. The predicted molar refractivity (Wildman–Crippen MR) is 285 cm³/mol. The fourth-order valence-electron chi connectivity index (χ4n) is 10.7. The van der Waals surface area contributed by atoms with Gasteiger partial charge in [0.1, 0.15) is 0 Å². The molecule has 2 aromatic heterocycles. The molecule has 6 nitrogen and oxygen atoms in total. The van der Waals surface area contributed by atoms with Gasteiger partial charge in [-0.2, -0.15) is 0 Å². The first-order valence-electron chi connectivity index (χ1n) is 23.5. The average Bonchev–Trinajstić information content (AvgIpc) is 3.93. The molecule has 0 radical (unpaired) electrons. The minimum absolute atomic E-state index is 0.565. The van der Waals surface area contributed by atoms with Gasteiger partial charge in [-0.25, -0.2) is 15.0 Å². The summed E-state index contributed by atoms with van der Waals surface area (Å²) in [4.78, 5) is 15.3. The van der Waals surface area contributed by atoms with E-state index in [2.05, 4.69) is 140 Å². The first-order valence-corrected chi connectivity index (χ1v) is 23.5. The van der Waals surface area contributed by atoms with Gasteiger partial charge in [0, 0.05) is 44.8 Å². The van der Waals surface area contributed by atoms with Crippen LogP contribution < -0.4 is 9.47 Å². The van der Waals surface area contributed by atoms with E-state index in [0.29, 0.717) is 40.5 Å². The molecule has 0 saturated heterocycles. The van der Waals surface area contributed by atoms with E-state index in [-0.39, 0.29) is 0 Å². The normalized spacial score (nSPS) is 13.8. The van der Waals surface area contributed by atoms with Crippen LogP contribution in [0.3, 0.4) is 0 Å². The molecule has 2 aliphatic carbocycles. The second-order valence-corrected chi connectivity index (χ2v) is 17.5. The lowest BCUT2D eigenvalue weighted by atomic mass is 9.67. The molecule has 12 rings (SSSR count). The Kier molecular flexibility index (Phi) is 10.4. The van der Waals surface area contributed by atoms with Gasteiger partial charge in [-0.05, 0) is 106 Å². The Morgan fingerprint density at radius 2 is 1.11 bits per heavy atom. The van der Waals surface area contributed by atoms with E-state index in [4.69, 9.17) is 24.4 Å². The lowest BCUT2D eigenvalue weighted by Crippen LogP contribution is -2.29. The Labute approximate surface area is 408 Å². The minimum atomic E-state index is -0.658. The summed E-state index contributed by atoms with van der Waals surface area (Å²) >= 11 is 0. The van der Waals surface area contributed by atoms with E-state index in [1.807, 2.05) is 97.1 Å². The molecule has 334 valence electrons. The number of nitrogens with zero attached hydrogens (tertiary/aromatic N) is 4. The van der Waals surface area contributed by atoms with Crippen molar-refractivity contribution in [3.05, 3.63) is 265 Å². The number of ether oxygens (including phenoxy) is 2. The highest BCUT2D eigenvalue weighted by atomic mass is 16.6. The molecule has 0 fully saturated rings. The number of hydrogen-bond donors (Lipinski definition) is 0. The van der Waals surface area contributed by atoms with Crippen LogP contribution in [0.25, 0.3) is 74.8 Å². The van der Waals surface area contributed by atoms with Crippen molar-refractivity contribution in [2.45, 2.75) is 18.3 Å². The molecule has 0 atom stereocenters. The number of benzene rings is 7.